The highest BCUT2D eigenvalue weighted by Crippen LogP contribution is 2.17. The maximum Gasteiger partial charge on any atom is 0.305 e. The third-order valence-electron chi connectivity index (χ3n) is 13.2. The van der Waals surface area contributed by atoms with E-state index in [0.29, 0.717) is 19.4 Å². The van der Waals surface area contributed by atoms with Crippen molar-refractivity contribution in [1.82, 2.24) is 5.32 Å². The zero-order chi connectivity index (χ0) is 46.5. The van der Waals surface area contributed by atoms with E-state index in [1.165, 1.54) is 225 Å². The van der Waals surface area contributed by atoms with Gasteiger partial charge in [-0.25, -0.2) is 0 Å². The van der Waals surface area contributed by atoms with Crippen molar-refractivity contribution in [1.29, 1.82) is 0 Å². The van der Waals surface area contributed by atoms with Crippen LogP contribution in [0.15, 0.2) is 24.3 Å². The van der Waals surface area contributed by atoms with E-state index in [0.717, 1.165) is 57.8 Å². The maximum atomic E-state index is 12.5. The molecule has 3 N–H and O–H groups in total. The summed E-state index contributed by atoms with van der Waals surface area (Å²) in [6.45, 7) is 4.85. The van der Waals surface area contributed by atoms with Crippen molar-refractivity contribution in [3.8, 4) is 0 Å². The molecule has 0 radical (unpaired) electrons. The molecule has 6 nitrogen and oxygen atoms in total. The van der Waals surface area contributed by atoms with Gasteiger partial charge >= 0.3 is 5.97 Å². The fraction of sp³-hybridized carbons (Fsp3) is 0.897. The molecule has 2 unspecified atom stereocenters. The van der Waals surface area contributed by atoms with Gasteiger partial charge in [0.05, 0.1) is 25.4 Å². The molecular formula is C58H111NO5. The zero-order valence-corrected chi connectivity index (χ0v) is 43.0. The lowest BCUT2D eigenvalue weighted by atomic mass is 10.0. The van der Waals surface area contributed by atoms with E-state index in [-0.39, 0.29) is 18.5 Å². The monoisotopic (exact) mass is 902 g/mol. The lowest BCUT2D eigenvalue weighted by Gasteiger charge is -2.20. The molecule has 2 atom stereocenters. The Morgan fingerprint density at radius 3 is 1.11 bits per heavy atom. The number of ether oxygens (including phenoxy) is 1. The first-order valence-electron chi connectivity index (χ1n) is 28.6. The van der Waals surface area contributed by atoms with Crippen LogP contribution in [0, 0.1) is 0 Å². The van der Waals surface area contributed by atoms with Crippen LogP contribution >= 0.6 is 0 Å². The summed E-state index contributed by atoms with van der Waals surface area (Å²) in [5, 5.41) is 23.2. The van der Waals surface area contributed by atoms with Gasteiger partial charge < -0.3 is 20.3 Å². The summed E-state index contributed by atoms with van der Waals surface area (Å²) in [5.74, 6) is -0.128. The topological polar surface area (TPSA) is 95.9 Å². The summed E-state index contributed by atoms with van der Waals surface area (Å²) in [7, 11) is 0. The van der Waals surface area contributed by atoms with Crippen LogP contribution in [-0.4, -0.2) is 47.4 Å². The fourth-order valence-corrected chi connectivity index (χ4v) is 8.81. The van der Waals surface area contributed by atoms with Gasteiger partial charge in [0.1, 0.15) is 0 Å². The first-order valence-corrected chi connectivity index (χ1v) is 28.6. The Hall–Kier alpha value is -1.66. The summed E-state index contributed by atoms with van der Waals surface area (Å²) in [5.41, 5.74) is 0. The second-order valence-electron chi connectivity index (χ2n) is 19.6. The molecule has 0 aromatic carbocycles. The summed E-state index contributed by atoms with van der Waals surface area (Å²) >= 11 is 0. The Labute approximate surface area is 399 Å². The lowest BCUT2D eigenvalue weighted by Crippen LogP contribution is -2.45. The molecule has 0 spiro atoms. The molecule has 0 aliphatic rings. The van der Waals surface area contributed by atoms with E-state index in [9.17, 15) is 19.8 Å². The molecule has 0 aromatic heterocycles. The van der Waals surface area contributed by atoms with Crippen LogP contribution in [0.4, 0.5) is 0 Å². The van der Waals surface area contributed by atoms with Gasteiger partial charge in [0, 0.05) is 12.8 Å². The molecule has 6 heteroatoms. The Kier molecular flexibility index (Phi) is 52.6. The molecule has 0 aromatic rings. The molecule has 0 fully saturated rings. The quantitative estimate of drug-likeness (QED) is 0.0321. The SMILES string of the molecule is CCCCCCCC/C=C\CCCCCCCC(=O)OCCCCCCCCCCCC(=O)NC(CO)C(O)/C=C/CCCCCCCCCCCCCCCCCCCCCCC. The van der Waals surface area contributed by atoms with Crippen LogP contribution in [0.5, 0.6) is 0 Å². The number of nitrogens with one attached hydrogen (secondary N) is 1. The van der Waals surface area contributed by atoms with Crippen LogP contribution in [0.1, 0.15) is 309 Å². The van der Waals surface area contributed by atoms with Crippen LogP contribution in [0.2, 0.25) is 0 Å². The number of rotatable bonds is 53. The molecule has 0 saturated heterocycles. The van der Waals surface area contributed by atoms with E-state index in [2.05, 4.69) is 31.3 Å². The third-order valence-corrected chi connectivity index (χ3v) is 13.2. The lowest BCUT2D eigenvalue weighted by molar-refractivity contribution is -0.143. The number of carbonyl (C=O) groups is 2. The Morgan fingerprint density at radius 2 is 0.734 bits per heavy atom. The molecule has 0 heterocycles. The molecule has 0 aliphatic heterocycles. The molecule has 0 bridgehead atoms. The number of esters is 1. The summed E-state index contributed by atoms with van der Waals surface area (Å²) in [6.07, 6.45) is 64.8. The number of aliphatic hydroxyl groups is 2. The number of allylic oxidation sites excluding steroid dienone is 3. The van der Waals surface area contributed by atoms with Crippen LogP contribution in [0.25, 0.3) is 0 Å². The van der Waals surface area contributed by atoms with E-state index in [4.69, 9.17) is 4.74 Å². The molecule has 0 saturated carbocycles. The average Bonchev–Trinajstić information content (AvgIpc) is 3.29. The average molecular weight is 903 g/mol. The largest absolute Gasteiger partial charge is 0.466 e. The van der Waals surface area contributed by atoms with Gasteiger partial charge in [-0.1, -0.05) is 263 Å². The minimum atomic E-state index is -0.863. The normalized spacial score (nSPS) is 12.8. The van der Waals surface area contributed by atoms with Crippen molar-refractivity contribution in [2.45, 2.75) is 321 Å². The van der Waals surface area contributed by atoms with Gasteiger partial charge in [-0.3, -0.25) is 9.59 Å². The van der Waals surface area contributed by atoms with Crippen LogP contribution in [-0.2, 0) is 14.3 Å². The number of aliphatic hydroxyl groups excluding tert-OH is 2. The molecule has 1 amide bonds. The molecule has 378 valence electrons. The second-order valence-corrected chi connectivity index (χ2v) is 19.6. The first kappa shape index (κ1) is 62.3. The summed E-state index contributed by atoms with van der Waals surface area (Å²) in [6, 6.07) is -0.649. The molecule has 64 heavy (non-hydrogen) atoms. The van der Waals surface area contributed by atoms with Crippen molar-refractivity contribution in [2.75, 3.05) is 13.2 Å². The van der Waals surface area contributed by atoms with Gasteiger partial charge in [-0.2, -0.15) is 0 Å². The maximum absolute atomic E-state index is 12.5. The standard InChI is InChI=1S/C58H111NO5/c1-3-5-7-9-11-13-15-17-19-20-21-22-23-24-25-26-28-29-31-34-38-42-46-50-56(61)55(54-60)59-57(62)51-47-43-39-35-33-37-41-45-49-53-64-58(63)52-48-44-40-36-32-30-27-18-16-14-12-10-8-6-4-2/h18,27,46,50,55-56,60-61H,3-17,19-26,28-45,47-49,51-54H2,1-2H3,(H,59,62)/b27-18-,50-46+. The zero-order valence-electron chi connectivity index (χ0n) is 43.0. The van der Waals surface area contributed by atoms with Crippen molar-refractivity contribution in [2.24, 2.45) is 0 Å². The van der Waals surface area contributed by atoms with Gasteiger partial charge in [0.25, 0.3) is 0 Å². The minimum absolute atomic E-state index is 0.0345. The van der Waals surface area contributed by atoms with Crippen molar-refractivity contribution in [3.63, 3.8) is 0 Å². The minimum Gasteiger partial charge on any atom is -0.466 e. The highest BCUT2D eigenvalue weighted by Gasteiger charge is 2.18. The Bertz CT molecular complexity index is 997. The molecule has 0 aliphatic carbocycles. The van der Waals surface area contributed by atoms with Gasteiger partial charge in [-0.15, -0.1) is 0 Å². The molecular weight excluding hydrogens is 791 g/mol. The summed E-state index contributed by atoms with van der Waals surface area (Å²) < 4.78 is 5.45. The first-order chi connectivity index (χ1) is 31.5. The smallest absolute Gasteiger partial charge is 0.305 e. The van der Waals surface area contributed by atoms with E-state index in [1.54, 1.807) is 6.08 Å². The predicted molar refractivity (Wildman–Crippen MR) is 278 cm³/mol. The highest BCUT2D eigenvalue weighted by atomic mass is 16.5. The number of amides is 1. The van der Waals surface area contributed by atoms with E-state index >= 15 is 0 Å². The van der Waals surface area contributed by atoms with E-state index in [1.807, 2.05) is 6.08 Å². The number of unbranched alkanes of at least 4 members (excludes halogenated alkanes) is 40. The number of hydrogen-bond donors (Lipinski definition) is 3. The predicted octanol–water partition coefficient (Wildman–Crippen LogP) is 17.5. The van der Waals surface area contributed by atoms with Crippen molar-refractivity contribution < 1.29 is 24.5 Å². The van der Waals surface area contributed by atoms with E-state index < -0.39 is 12.1 Å². The van der Waals surface area contributed by atoms with Gasteiger partial charge in [-0.05, 0) is 57.8 Å². The van der Waals surface area contributed by atoms with Gasteiger partial charge in [0.15, 0.2) is 0 Å². The Balaban J connectivity index is 3.51. The molecule has 0 rings (SSSR count). The van der Waals surface area contributed by atoms with Crippen LogP contribution in [0.3, 0.4) is 0 Å². The second kappa shape index (κ2) is 54.0. The highest BCUT2D eigenvalue weighted by molar-refractivity contribution is 5.76. The van der Waals surface area contributed by atoms with Crippen molar-refractivity contribution in [3.05, 3.63) is 24.3 Å². The number of hydrogen-bond acceptors (Lipinski definition) is 5. The summed E-state index contributed by atoms with van der Waals surface area (Å²) in [4.78, 5) is 24.5. The van der Waals surface area contributed by atoms with Gasteiger partial charge in [0.2, 0.25) is 5.91 Å². The third kappa shape index (κ3) is 49.8. The number of carbonyl (C=O) groups excluding carboxylic acids is 2. The van der Waals surface area contributed by atoms with Crippen molar-refractivity contribution >= 4 is 11.9 Å². The fourth-order valence-electron chi connectivity index (χ4n) is 8.81. The van der Waals surface area contributed by atoms with Crippen LogP contribution < -0.4 is 5.32 Å². The Morgan fingerprint density at radius 1 is 0.422 bits per heavy atom.